The van der Waals surface area contributed by atoms with Crippen LogP contribution in [0, 0.1) is 5.41 Å². The van der Waals surface area contributed by atoms with E-state index < -0.39 is 0 Å². The molecule has 0 fully saturated rings. The van der Waals surface area contributed by atoms with Gasteiger partial charge in [-0.15, -0.1) is 0 Å². The Kier molecular flexibility index (Phi) is 2.66. The molecule has 1 aliphatic rings. The smallest absolute Gasteiger partial charge is 0.306 e. The lowest BCUT2D eigenvalue weighted by atomic mass is 9.83. The van der Waals surface area contributed by atoms with Gasteiger partial charge in [-0.1, -0.05) is 19.1 Å². The molecule has 0 aromatic heterocycles. The Balaban J connectivity index is 2.68. The van der Waals surface area contributed by atoms with Crippen molar-refractivity contribution in [2.45, 2.75) is 13.3 Å². The van der Waals surface area contributed by atoms with Crippen molar-refractivity contribution in [2.24, 2.45) is 5.41 Å². The standard InChI is InChI=1S/C10H12O3/c1-10(7-9(12)13-2)5-3-8(11)4-6-10/h3-6H,7H2,1-2H3. The molecule has 0 atom stereocenters. The number of methoxy groups -OCH3 is 1. The summed E-state index contributed by atoms with van der Waals surface area (Å²) in [6.45, 7) is 1.88. The van der Waals surface area contributed by atoms with Crippen LogP contribution in [0.5, 0.6) is 0 Å². The summed E-state index contributed by atoms with van der Waals surface area (Å²) >= 11 is 0. The number of rotatable bonds is 2. The summed E-state index contributed by atoms with van der Waals surface area (Å²) in [6, 6.07) is 0. The van der Waals surface area contributed by atoms with Crippen molar-refractivity contribution in [3.05, 3.63) is 24.3 Å². The van der Waals surface area contributed by atoms with Gasteiger partial charge < -0.3 is 4.74 Å². The Morgan fingerprint density at radius 2 is 2.00 bits per heavy atom. The Labute approximate surface area is 77.1 Å². The quantitative estimate of drug-likeness (QED) is 0.601. The Hall–Kier alpha value is -1.38. The molecule has 0 unspecified atom stereocenters. The highest BCUT2D eigenvalue weighted by molar-refractivity contribution is 6.00. The van der Waals surface area contributed by atoms with Gasteiger partial charge in [0, 0.05) is 5.41 Å². The van der Waals surface area contributed by atoms with E-state index >= 15 is 0 Å². The molecule has 0 spiro atoms. The second kappa shape index (κ2) is 3.56. The normalized spacial score (nSPS) is 18.8. The van der Waals surface area contributed by atoms with E-state index in [0.29, 0.717) is 0 Å². The SMILES string of the molecule is COC(=O)CC1(C)C=CC(=O)C=C1. The molecule has 0 aromatic carbocycles. The zero-order valence-electron chi connectivity index (χ0n) is 7.74. The average Bonchev–Trinajstić information content (AvgIpc) is 2.10. The molecule has 13 heavy (non-hydrogen) atoms. The summed E-state index contributed by atoms with van der Waals surface area (Å²) in [6.07, 6.45) is 6.67. The fraction of sp³-hybridized carbons (Fsp3) is 0.400. The van der Waals surface area contributed by atoms with Crippen molar-refractivity contribution in [1.82, 2.24) is 0 Å². The number of esters is 1. The van der Waals surface area contributed by atoms with Crippen molar-refractivity contribution in [1.29, 1.82) is 0 Å². The third-order valence-electron chi connectivity index (χ3n) is 2.01. The number of hydrogen-bond donors (Lipinski definition) is 0. The predicted octanol–water partition coefficient (Wildman–Crippen LogP) is 1.25. The maximum absolute atomic E-state index is 11.0. The number of ether oxygens (including phenoxy) is 1. The van der Waals surface area contributed by atoms with E-state index in [1.807, 2.05) is 6.92 Å². The first kappa shape index (κ1) is 9.71. The van der Waals surface area contributed by atoms with Crippen LogP contribution in [0.3, 0.4) is 0 Å². The molecule has 0 radical (unpaired) electrons. The van der Waals surface area contributed by atoms with Gasteiger partial charge in [0.2, 0.25) is 0 Å². The fourth-order valence-electron chi connectivity index (χ4n) is 1.16. The van der Waals surface area contributed by atoms with Crippen LogP contribution in [0.25, 0.3) is 0 Å². The van der Waals surface area contributed by atoms with Gasteiger partial charge in [-0.2, -0.15) is 0 Å². The maximum atomic E-state index is 11.0. The van der Waals surface area contributed by atoms with E-state index in [9.17, 15) is 9.59 Å². The first-order chi connectivity index (χ1) is 6.06. The molecule has 0 bridgehead atoms. The van der Waals surface area contributed by atoms with E-state index in [4.69, 9.17) is 0 Å². The van der Waals surface area contributed by atoms with Gasteiger partial charge in [0.05, 0.1) is 13.5 Å². The Morgan fingerprint density at radius 3 is 2.46 bits per heavy atom. The topological polar surface area (TPSA) is 43.4 Å². The molecule has 70 valence electrons. The second-order valence-corrected chi connectivity index (χ2v) is 3.33. The summed E-state index contributed by atoms with van der Waals surface area (Å²) in [7, 11) is 1.35. The van der Waals surface area contributed by atoms with Gasteiger partial charge in [-0.25, -0.2) is 0 Å². The third kappa shape index (κ3) is 2.54. The maximum Gasteiger partial charge on any atom is 0.306 e. The number of hydrogen-bond acceptors (Lipinski definition) is 3. The minimum Gasteiger partial charge on any atom is -0.469 e. The monoisotopic (exact) mass is 180 g/mol. The van der Waals surface area contributed by atoms with E-state index in [1.165, 1.54) is 19.3 Å². The van der Waals surface area contributed by atoms with Crippen LogP contribution in [0.15, 0.2) is 24.3 Å². The minimum atomic E-state index is -0.374. The molecule has 0 saturated carbocycles. The van der Waals surface area contributed by atoms with Gasteiger partial charge in [0.15, 0.2) is 5.78 Å². The number of ketones is 1. The van der Waals surface area contributed by atoms with E-state index in [-0.39, 0.29) is 23.6 Å². The van der Waals surface area contributed by atoms with Crippen LogP contribution in [-0.4, -0.2) is 18.9 Å². The van der Waals surface area contributed by atoms with Gasteiger partial charge in [-0.05, 0) is 12.2 Å². The summed E-state index contributed by atoms with van der Waals surface area (Å²) < 4.78 is 4.55. The van der Waals surface area contributed by atoms with Crippen molar-refractivity contribution in [3.8, 4) is 0 Å². The van der Waals surface area contributed by atoms with Crippen LogP contribution in [0.1, 0.15) is 13.3 Å². The van der Waals surface area contributed by atoms with Crippen LogP contribution >= 0.6 is 0 Å². The molecule has 1 aliphatic carbocycles. The molecule has 0 heterocycles. The lowest BCUT2D eigenvalue weighted by molar-refractivity contribution is -0.142. The predicted molar refractivity (Wildman–Crippen MR) is 48.0 cm³/mol. The minimum absolute atomic E-state index is 0.0395. The lowest BCUT2D eigenvalue weighted by Gasteiger charge is -2.21. The first-order valence-corrected chi connectivity index (χ1v) is 4.05. The van der Waals surface area contributed by atoms with Gasteiger partial charge in [0.25, 0.3) is 0 Å². The highest BCUT2D eigenvalue weighted by Gasteiger charge is 2.24. The van der Waals surface area contributed by atoms with Crippen molar-refractivity contribution in [2.75, 3.05) is 7.11 Å². The third-order valence-corrected chi connectivity index (χ3v) is 2.01. The average molecular weight is 180 g/mol. The number of carbonyl (C=O) groups is 2. The second-order valence-electron chi connectivity index (χ2n) is 3.33. The van der Waals surface area contributed by atoms with Gasteiger partial charge >= 0.3 is 5.97 Å². The summed E-state index contributed by atoms with van der Waals surface area (Å²) in [5, 5.41) is 0. The van der Waals surface area contributed by atoms with Gasteiger partial charge in [-0.3, -0.25) is 9.59 Å². The summed E-state index contributed by atoms with van der Waals surface area (Å²) in [5.41, 5.74) is -0.374. The fourth-order valence-corrected chi connectivity index (χ4v) is 1.16. The van der Waals surface area contributed by atoms with Crippen molar-refractivity contribution in [3.63, 3.8) is 0 Å². The molecule has 0 amide bonds. The molecule has 3 heteroatoms. The molecule has 0 N–H and O–H groups in total. The summed E-state index contributed by atoms with van der Waals surface area (Å²) in [4.78, 5) is 21.8. The zero-order chi connectivity index (χ0) is 9.90. The molecular weight excluding hydrogens is 168 g/mol. The van der Waals surface area contributed by atoms with Crippen LogP contribution < -0.4 is 0 Å². The highest BCUT2D eigenvalue weighted by Crippen LogP contribution is 2.27. The van der Waals surface area contributed by atoms with Crippen molar-refractivity contribution >= 4 is 11.8 Å². The molecular formula is C10H12O3. The van der Waals surface area contributed by atoms with Crippen LogP contribution in [0.4, 0.5) is 0 Å². The number of carbonyl (C=O) groups excluding carboxylic acids is 2. The van der Waals surface area contributed by atoms with E-state index in [2.05, 4.69) is 4.74 Å². The largest absolute Gasteiger partial charge is 0.469 e. The van der Waals surface area contributed by atoms with Crippen LogP contribution in [-0.2, 0) is 14.3 Å². The lowest BCUT2D eigenvalue weighted by Crippen LogP contribution is -2.19. The Morgan fingerprint density at radius 1 is 1.46 bits per heavy atom. The first-order valence-electron chi connectivity index (χ1n) is 4.05. The molecule has 0 aliphatic heterocycles. The molecule has 0 saturated heterocycles. The molecule has 1 rings (SSSR count). The number of allylic oxidation sites excluding steroid dienone is 4. The van der Waals surface area contributed by atoms with E-state index in [1.54, 1.807) is 12.2 Å². The van der Waals surface area contributed by atoms with E-state index in [0.717, 1.165) is 0 Å². The molecule has 3 nitrogen and oxygen atoms in total. The zero-order valence-corrected chi connectivity index (χ0v) is 7.74. The van der Waals surface area contributed by atoms with Gasteiger partial charge in [0.1, 0.15) is 0 Å². The Bertz CT molecular complexity index is 271. The summed E-state index contributed by atoms with van der Waals surface area (Å²) in [5.74, 6) is -0.312. The van der Waals surface area contributed by atoms with Crippen molar-refractivity contribution < 1.29 is 14.3 Å². The van der Waals surface area contributed by atoms with Crippen LogP contribution in [0.2, 0.25) is 0 Å². The molecule has 0 aromatic rings. The highest BCUT2D eigenvalue weighted by atomic mass is 16.5.